The average molecular weight is 344 g/mol. The Morgan fingerprint density at radius 3 is 2.89 bits per heavy atom. The standard InChI is InChI=1S/C12H12BrClN4O/c1-2-18-6-10(15)11(17-18)12(19)16-7-3-4-9(14)8(13)5-7/h3-6H,2,15H2,1H3,(H,16,19). The minimum Gasteiger partial charge on any atom is -0.396 e. The summed E-state index contributed by atoms with van der Waals surface area (Å²) in [5, 5.41) is 7.40. The average Bonchev–Trinajstić information content (AvgIpc) is 2.75. The van der Waals surface area contributed by atoms with Gasteiger partial charge in [0.15, 0.2) is 5.69 Å². The number of nitrogens with zero attached hydrogens (tertiary/aromatic N) is 2. The lowest BCUT2D eigenvalue weighted by Crippen LogP contribution is -2.14. The summed E-state index contributed by atoms with van der Waals surface area (Å²) >= 11 is 9.18. The predicted octanol–water partition coefficient (Wildman–Crippen LogP) is 3.15. The number of hydrogen-bond donors (Lipinski definition) is 2. The van der Waals surface area contributed by atoms with Crippen molar-refractivity contribution in [1.29, 1.82) is 0 Å². The molecule has 0 radical (unpaired) electrons. The van der Waals surface area contributed by atoms with Crippen LogP contribution in [-0.4, -0.2) is 15.7 Å². The Morgan fingerprint density at radius 2 is 2.32 bits per heavy atom. The lowest BCUT2D eigenvalue weighted by molar-refractivity contribution is 0.102. The Balaban J connectivity index is 2.20. The summed E-state index contributed by atoms with van der Waals surface area (Å²) in [6, 6.07) is 5.11. The molecule has 0 aliphatic heterocycles. The maximum atomic E-state index is 12.0. The van der Waals surface area contributed by atoms with Crippen LogP contribution in [0.3, 0.4) is 0 Å². The monoisotopic (exact) mass is 342 g/mol. The molecule has 0 fully saturated rings. The number of anilines is 2. The fourth-order valence-electron chi connectivity index (χ4n) is 1.54. The van der Waals surface area contributed by atoms with E-state index in [-0.39, 0.29) is 11.6 Å². The van der Waals surface area contributed by atoms with Crippen LogP contribution in [0.15, 0.2) is 28.9 Å². The Hall–Kier alpha value is -1.53. The van der Waals surface area contributed by atoms with Crippen LogP contribution >= 0.6 is 27.5 Å². The second kappa shape index (κ2) is 5.63. The van der Waals surface area contributed by atoms with Crippen molar-refractivity contribution in [3.8, 4) is 0 Å². The third-order valence-corrected chi connectivity index (χ3v) is 3.72. The first-order valence-corrected chi connectivity index (χ1v) is 6.77. The van der Waals surface area contributed by atoms with E-state index in [4.69, 9.17) is 17.3 Å². The molecule has 0 saturated carbocycles. The molecular weight excluding hydrogens is 332 g/mol. The third kappa shape index (κ3) is 3.08. The molecule has 1 aromatic heterocycles. The molecule has 3 N–H and O–H groups in total. The van der Waals surface area contributed by atoms with Gasteiger partial charge >= 0.3 is 0 Å². The molecule has 2 rings (SSSR count). The number of carbonyl (C=O) groups excluding carboxylic acids is 1. The topological polar surface area (TPSA) is 72.9 Å². The van der Waals surface area contributed by atoms with Crippen LogP contribution in [0.1, 0.15) is 17.4 Å². The van der Waals surface area contributed by atoms with Gasteiger partial charge in [-0.05, 0) is 41.1 Å². The molecule has 1 heterocycles. The molecule has 0 spiro atoms. The van der Waals surface area contributed by atoms with E-state index in [9.17, 15) is 4.79 Å². The molecule has 1 aromatic carbocycles. The number of aryl methyl sites for hydroxylation is 1. The fraction of sp³-hybridized carbons (Fsp3) is 0.167. The molecule has 0 aliphatic carbocycles. The van der Waals surface area contributed by atoms with Crippen LogP contribution < -0.4 is 11.1 Å². The molecule has 0 saturated heterocycles. The number of carbonyl (C=O) groups is 1. The number of nitrogen functional groups attached to an aromatic ring is 1. The van der Waals surface area contributed by atoms with Crippen LogP contribution in [0.5, 0.6) is 0 Å². The second-order valence-electron chi connectivity index (χ2n) is 3.87. The van der Waals surface area contributed by atoms with Gasteiger partial charge in [-0.3, -0.25) is 9.48 Å². The highest BCUT2D eigenvalue weighted by atomic mass is 79.9. The molecular formula is C12H12BrClN4O. The summed E-state index contributed by atoms with van der Waals surface area (Å²) in [6.45, 7) is 2.58. The number of benzene rings is 1. The number of halogens is 2. The molecule has 0 unspecified atom stereocenters. The maximum Gasteiger partial charge on any atom is 0.278 e. The summed E-state index contributed by atoms with van der Waals surface area (Å²) in [4.78, 5) is 12.0. The van der Waals surface area contributed by atoms with Crippen LogP contribution in [0.2, 0.25) is 5.02 Å². The zero-order chi connectivity index (χ0) is 14.0. The van der Waals surface area contributed by atoms with Crippen molar-refractivity contribution in [2.45, 2.75) is 13.5 Å². The van der Waals surface area contributed by atoms with Crippen molar-refractivity contribution in [1.82, 2.24) is 9.78 Å². The smallest absolute Gasteiger partial charge is 0.278 e. The van der Waals surface area contributed by atoms with Crippen molar-refractivity contribution >= 4 is 44.8 Å². The molecule has 0 atom stereocenters. The molecule has 2 aromatic rings. The predicted molar refractivity (Wildman–Crippen MR) is 79.4 cm³/mol. The van der Waals surface area contributed by atoms with Gasteiger partial charge in [0.05, 0.1) is 10.7 Å². The van der Waals surface area contributed by atoms with Gasteiger partial charge in [-0.1, -0.05) is 11.6 Å². The summed E-state index contributed by atoms with van der Waals surface area (Å²) in [5.41, 5.74) is 6.94. The van der Waals surface area contributed by atoms with Gasteiger partial charge in [-0.2, -0.15) is 5.10 Å². The van der Waals surface area contributed by atoms with Crippen LogP contribution in [0.25, 0.3) is 0 Å². The van der Waals surface area contributed by atoms with Crippen molar-refractivity contribution in [2.24, 2.45) is 0 Å². The molecule has 19 heavy (non-hydrogen) atoms. The number of amides is 1. The zero-order valence-electron chi connectivity index (χ0n) is 10.2. The summed E-state index contributed by atoms with van der Waals surface area (Å²) in [6.07, 6.45) is 1.63. The molecule has 1 amide bonds. The molecule has 5 nitrogen and oxygen atoms in total. The van der Waals surface area contributed by atoms with Crippen LogP contribution in [-0.2, 0) is 6.54 Å². The number of hydrogen-bond acceptors (Lipinski definition) is 3. The van der Waals surface area contributed by atoms with E-state index in [0.29, 0.717) is 27.4 Å². The Morgan fingerprint density at radius 1 is 1.58 bits per heavy atom. The first-order chi connectivity index (χ1) is 9.01. The summed E-state index contributed by atoms with van der Waals surface area (Å²) < 4.78 is 2.32. The molecule has 7 heteroatoms. The number of aromatic nitrogens is 2. The summed E-state index contributed by atoms with van der Waals surface area (Å²) in [5.74, 6) is -0.348. The van der Waals surface area contributed by atoms with Crippen molar-refractivity contribution < 1.29 is 4.79 Å². The van der Waals surface area contributed by atoms with Gasteiger partial charge < -0.3 is 11.1 Å². The van der Waals surface area contributed by atoms with Gasteiger partial charge in [-0.25, -0.2) is 0 Å². The van der Waals surface area contributed by atoms with E-state index < -0.39 is 0 Å². The Kier molecular flexibility index (Phi) is 4.11. The van der Waals surface area contributed by atoms with E-state index in [1.165, 1.54) is 0 Å². The number of nitrogens with one attached hydrogen (secondary N) is 1. The van der Waals surface area contributed by atoms with Crippen molar-refractivity contribution in [3.05, 3.63) is 39.6 Å². The van der Waals surface area contributed by atoms with E-state index in [0.717, 1.165) is 0 Å². The second-order valence-corrected chi connectivity index (χ2v) is 5.13. The largest absolute Gasteiger partial charge is 0.396 e. The fourth-order valence-corrected chi connectivity index (χ4v) is 2.04. The lowest BCUT2D eigenvalue weighted by atomic mass is 10.3. The molecule has 0 bridgehead atoms. The quantitative estimate of drug-likeness (QED) is 0.899. The van der Waals surface area contributed by atoms with E-state index in [1.54, 1.807) is 29.1 Å². The number of rotatable bonds is 3. The highest BCUT2D eigenvalue weighted by Gasteiger charge is 2.15. The van der Waals surface area contributed by atoms with Gasteiger partial charge in [0, 0.05) is 22.9 Å². The minimum absolute atomic E-state index is 0.216. The van der Waals surface area contributed by atoms with Crippen LogP contribution in [0, 0.1) is 0 Å². The van der Waals surface area contributed by atoms with E-state index in [2.05, 4.69) is 26.3 Å². The number of nitrogens with two attached hydrogens (primary N) is 1. The highest BCUT2D eigenvalue weighted by Crippen LogP contribution is 2.26. The van der Waals surface area contributed by atoms with Crippen LogP contribution in [0.4, 0.5) is 11.4 Å². The van der Waals surface area contributed by atoms with Gasteiger partial charge in [0.1, 0.15) is 0 Å². The van der Waals surface area contributed by atoms with Crippen molar-refractivity contribution in [2.75, 3.05) is 11.1 Å². The van der Waals surface area contributed by atoms with Gasteiger partial charge in [-0.15, -0.1) is 0 Å². The first kappa shape index (κ1) is 13.9. The van der Waals surface area contributed by atoms with E-state index >= 15 is 0 Å². The zero-order valence-corrected chi connectivity index (χ0v) is 12.5. The maximum absolute atomic E-state index is 12.0. The van der Waals surface area contributed by atoms with E-state index in [1.807, 2.05) is 6.92 Å². The van der Waals surface area contributed by atoms with Crippen molar-refractivity contribution in [3.63, 3.8) is 0 Å². The Labute approximate surface area is 123 Å². The molecule has 100 valence electrons. The Bertz CT molecular complexity index is 626. The lowest BCUT2D eigenvalue weighted by Gasteiger charge is -2.05. The SMILES string of the molecule is CCn1cc(N)c(C(=O)Nc2ccc(Cl)c(Br)c2)n1. The van der Waals surface area contributed by atoms with Gasteiger partial charge in [0.2, 0.25) is 0 Å². The summed E-state index contributed by atoms with van der Waals surface area (Å²) in [7, 11) is 0. The normalized spacial score (nSPS) is 10.5. The minimum atomic E-state index is -0.348. The third-order valence-electron chi connectivity index (χ3n) is 2.51. The highest BCUT2D eigenvalue weighted by molar-refractivity contribution is 9.10. The van der Waals surface area contributed by atoms with Gasteiger partial charge in [0.25, 0.3) is 5.91 Å². The molecule has 0 aliphatic rings. The first-order valence-electron chi connectivity index (χ1n) is 5.60.